The standard InChI is InChI=1S/C12H19ClN2O3S/c13-12-4-1-3-11(9-12)10-15-19(16,17)8-2-6-18-7-5-14/h1,3-4,9,15H,2,5-8,10,14H2. The molecule has 0 atom stereocenters. The minimum Gasteiger partial charge on any atom is -0.380 e. The molecule has 7 heteroatoms. The molecule has 1 rings (SSSR count). The third-order valence-electron chi connectivity index (χ3n) is 2.35. The highest BCUT2D eigenvalue weighted by Gasteiger charge is 2.09. The molecule has 0 amide bonds. The van der Waals surface area contributed by atoms with Crippen LogP contribution in [0.3, 0.4) is 0 Å². The molecular weight excluding hydrogens is 288 g/mol. The Morgan fingerprint density at radius 1 is 1.32 bits per heavy atom. The molecule has 19 heavy (non-hydrogen) atoms. The third-order valence-corrected chi connectivity index (χ3v) is 3.99. The summed E-state index contributed by atoms with van der Waals surface area (Å²) in [5.41, 5.74) is 6.08. The average molecular weight is 307 g/mol. The van der Waals surface area contributed by atoms with Crippen LogP contribution in [-0.4, -0.2) is 33.9 Å². The maximum atomic E-state index is 11.7. The summed E-state index contributed by atoms with van der Waals surface area (Å²) in [5.74, 6) is 0.0398. The minimum atomic E-state index is -3.28. The van der Waals surface area contributed by atoms with Gasteiger partial charge in [-0.05, 0) is 24.1 Å². The normalized spacial score (nSPS) is 11.7. The van der Waals surface area contributed by atoms with Crippen molar-refractivity contribution in [2.75, 3.05) is 25.5 Å². The zero-order valence-corrected chi connectivity index (χ0v) is 12.2. The van der Waals surface area contributed by atoms with E-state index in [9.17, 15) is 8.42 Å². The van der Waals surface area contributed by atoms with Crippen molar-refractivity contribution < 1.29 is 13.2 Å². The van der Waals surface area contributed by atoms with Gasteiger partial charge in [-0.2, -0.15) is 0 Å². The van der Waals surface area contributed by atoms with Gasteiger partial charge in [0.2, 0.25) is 10.0 Å². The first kappa shape index (κ1) is 16.4. The van der Waals surface area contributed by atoms with Gasteiger partial charge in [0.1, 0.15) is 0 Å². The first-order valence-corrected chi connectivity index (χ1v) is 8.06. The van der Waals surface area contributed by atoms with Crippen molar-refractivity contribution in [3.05, 3.63) is 34.9 Å². The van der Waals surface area contributed by atoms with Crippen molar-refractivity contribution in [1.29, 1.82) is 0 Å². The van der Waals surface area contributed by atoms with Gasteiger partial charge in [0.25, 0.3) is 0 Å². The number of rotatable bonds is 9. The summed E-state index contributed by atoms with van der Waals surface area (Å²) in [6.07, 6.45) is 0.449. The minimum absolute atomic E-state index is 0.0398. The monoisotopic (exact) mass is 306 g/mol. The Hall–Kier alpha value is -0.660. The average Bonchev–Trinajstić information content (AvgIpc) is 2.36. The maximum absolute atomic E-state index is 11.7. The number of nitrogens with two attached hydrogens (primary N) is 1. The Morgan fingerprint density at radius 3 is 2.79 bits per heavy atom. The second-order valence-electron chi connectivity index (χ2n) is 4.02. The summed E-state index contributed by atoms with van der Waals surface area (Å²) in [6, 6.07) is 7.08. The lowest BCUT2D eigenvalue weighted by atomic mass is 10.2. The van der Waals surface area contributed by atoms with Crippen LogP contribution in [0.4, 0.5) is 0 Å². The van der Waals surface area contributed by atoms with Crippen molar-refractivity contribution in [2.45, 2.75) is 13.0 Å². The summed E-state index contributed by atoms with van der Waals surface area (Å²) in [5, 5.41) is 0.590. The van der Waals surface area contributed by atoms with Crippen molar-refractivity contribution >= 4 is 21.6 Å². The van der Waals surface area contributed by atoms with Gasteiger partial charge in [0.05, 0.1) is 12.4 Å². The van der Waals surface area contributed by atoms with Crippen LogP contribution < -0.4 is 10.5 Å². The molecule has 108 valence electrons. The fourth-order valence-corrected chi connectivity index (χ4v) is 2.69. The molecule has 0 aliphatic rings. The Kier molecular flexibility index (Phi) is 7.33. The fraction of sp³-hybridized carbons (Fsp3) is 0.500. The SMILES string of the molecule is NCCOCCCS(=O)(=O)NCc1cccc(Cl)c1. The Balaban J connectivity index is 2.30. The van der Waals surface area contributed by atoms with Crippen LogP contribution in [0.1, 0.15) is 12.0 Å². The molecule has 1 aromatic carbocycles. The van der Waals surface area contributed by atoms with E-state index in [2.05, 4.69) is 4.72 Å². The lowest BCUT2D eigenvalue weighted by Gasteiger charge is -2.07. The number of ether oxygens (including phenoxy) is 1. The smallest absolute Gasteiger partial charge is 0.211 e. The topological polar surface area (TPSA) is 81.4 Å². The molecule has 0 saturated carbocycles. The van der Waals surface area contributed by atoms with E-state index in [1.54, 1.807) is 18.2 Å². The van der Waals surface area contributed by atoms with Crippen LogP contribution in [-0.2, 0) is 21.3 Å². The van der Waals surface area contributed by atoms with E-state index in [1.165, 1.54) is 0 Å². The van der Waals surface area contributed by atoms with E-state index in [0.717, 1.165) is 5.56 Å². The van der Waals surface area contributed by atoms with Crippen molar-refractivity contribution in [3.8, 4) is 0 Å². The summed E-state index contributed by atoms with van der Waals surface area (Å²) in [6.45, 7) is 1.54. The van der Waals surface area contributed by atoms with Gasteiger partial charge in [-0.15, -0.1) is 0 Å². The third kappa shape index (κ3) is 7.49. The molecule has 0 unspecified atom stereocenters. The highest BCUT2D eigenvalue weighted by atomic mass is 35.5. The predicted molar refractivity (Wildman–Crippen MR) is 76.6 cm³/mol. The van der Waals surface area contributed by atoms with Gasteiger partial charge in [0.15, 0.2) is 0 Å². The van der Waals surface area contributed by atoms with E-state index in [0.29, 0.717) is 31.2 Å². The highest BCUT2D eigenvalue weighted by molar-refractivity contribution is 7.89. The van der Waals surface area contributed by atoms with Crippen LogP contribution in [0.5, 0.6) is 0 Å². The molecule has 0 aromatic heterocycles. The lowest BCUT2D eigenvalue weighted by Crippen LogP contribution is -2.26. The first-order chi connectivity index (χ1) is 9.03. The summed E-state index contributed by atoms with van der Waals surface area (Å²) in [4.78, 5) is 0. The summed E-state index contributed by atoms with van der Waals surface area (Å²) >= 11 is 5.82. The van der Waals surface area contributed by atoms with Crippen molar-refractivity contribution in [2.24, 2.45) is 5.73 Å². The van der Waals surface area contributed by atoms with Gasteiger partial charge in [0, 0.05) is 24.7 Å². The molecule has 1 aromatic rings. The molecule has 0 heterocycles. The van der Waals surface area contributed by atoms with Crippen LogP contribution in [0.25, 0.3) is 0 Å². The van der Waals surface area contributed by atoms with Crippen LogP contribution in [0.2, 0.25) is 5.02 Å². The second-order valence-corrected chi connectivity index (χ2v) is 6.39. The Labute approximate surface area is 119 Å². The first-order valence-electron chi connectivity index (χ1n) is 6.03. The largest absolute Gasteiger partial charge is 0.380 e. The van der Waals surface area contributed by atoms with Gasteiger partial charge in [-0.25, -0.2) is 13.1 Å². The summed E-state index contributed by atoms with van der Waals surface area (Å²) < 4.78 is 31.0. The number of benzene rings is 1. The molecule has 5 nitrogen and oxygen atoms in total. The van der Waals surface area contributed by atoms with E-state index in [4.69, 9.17) is 22.1 Å². The molecule has 0 spiro atoms. The number of nitrogens with one attached hydrogen (secondary N) is 1. The van der Waals surface area contributed by atoms with E-state index in [1.807, 2.05) is 6.07 Å². The molecule has 3 N–H and O–H groups in total. The van der Waals surface area contributed by atoms with Gasteiger partial charge < -0.3 is 10.5 Å². The predicted octanol–water partition coefficient (Wildman–Crippen LogP) is 1.12. The van der Waals surface area contributed by atoms with Crippen LogP contribution in [0, 0.1) is 0 Å². The molecular formula is C12H19ClN2O3S. The van der Waals surface area contributed by atoms with Crippen LogP contribution in [0.15, 0.2) is 24.3 Å². The van der Waals surface area contributed by atoms with E-state index in [-0.39, 0.29) is 12.3 Å². The zero-order valence-electron chi connectivity index (χ0n) is 10.6. The Morgan fingerprint density at radius 2 is 2.11 bits per heavy atom. The number of hydrogen-bond donors (Lipinski definition) is 2. The van der Waals surface area contributed by atoms with E-state index < -0.39 is 10.0 Å². The highest BCUT2D eigenvalue weighted by Crippen LogP contribution is 2.10. The van der Waals surface area contributed by atoms with Gasteiger partial charge in [-0.1, -0.05) is 23.7 Å². The van der Waals surface area contributed by atoms with Gasteiger partial charge in [-0.3, -0.25) is 0 Å². The molecule has 0 radical (unpaired) electrons. The summed E-state index contributed by atoms with van der Waals surface area (Å²) in [7, 11) is -3.28. The molecule has 0 saturated heterocycles. The molecule has 0 bridgehead atoms. The quantitative estimate of drug-likeness (QED) is 0.670. The number of hydrogen-bond acceptors (Lipinski definition) is 4. The number of halogens is 1. The second kappa shape index (κ2) is 8.50. The van der Waals surface area contributed by atoms with Crippen LogP contribution >= 0.6 is 11.6 Å². The zero-order chi connectivity index (χ0) is 14.1. The molecule has 0 aliphatic carbocycles. The maximum Gasteiger partial charge on any atom is 0.211 e. The van der Waals surface area contributed by atoms with Crippen molar-refractivity contribution in [1.82, 2.24) is 4.72 Å². The Bertz CT molecular complexity index is 480. The number of sulfonamides is 1. The van der Waals surface area contributed by atoms with E-state index >= 15 is 0 Å². The van der Waals surface area contributed by atoms with Crippen molar-refractivity contribution in [3.63, 3.8) is 0 Å². The fourth-order valence-electron chi connectivity index (χ4n) is 1.45. The molecule has 0 aliphatic heterocycles. The lowest BCUT2D eigenvalue weighted by molar-refractivity contribution is 0.142. The van der Waals surface area contributed by atoms with Gasteiger partial charge >= 0.3 is 0 Å². The molecule has 0 fully saturated rings.